The highest BCUT2D eigenvalue weighted by Crippen LogP contribution is 2.41. The Kier molecular flexibility index (Phi) is 11.0. The van der Waals surface area contributed by atoms with Crippen LogP contribution in [0.25, 0.3) is 0 Å². The van der Waals surface area contributed by atoms with Crippen molar-refractivity contribution in [2.45, 2.75) is 118 Å². The van der Waals surface area contributed by atoms with Gasteiger partial charge in [-0.15, -0.1) is 0 Å². The summed E-state index contributed by atoms with van der Waals surface area (Å²) in [6, 6.07) is 0.765. The molecule has 254 valence electrons. The zero-order chi connectivity index (χ0) is 34.8. The van der Waals surface area contributed by atoms with Gasteiger partial charge in [0.05, 0.1) is 25.4 Å². The lowest BCUT2D eigenvalue weighted by Crippen LogP contribution is -2.59. The minimum atomic E-state index is -1.15. The number of likely N-dealkylation sites (tertiary alicyclic amines) is 1. The number of carbonyl (C=O) groups excluding carboxylic acids is 5. The normalized spacial score (nSPS) is 20.9. The topological polar surface area (TPSA) is 169 Å². The number of Topliss-reactive ketones (excluding diaryl/α,β-unsaturated/α-hetero) is 1. The number of carbonyl (C=O) groups is 5. The fraction of sp³-hybridized carbons (Fsp3) is 0.647. The van der Waals surface area contributed by atoms with Crippen LogP contribution in [0.4, 0.5) is 0 Å². The maximum Gasteiger partial charge on any atom is 0.287 e. The number of ketones is 1. The maximum atomic E-state index is 14.4. The highest BCUT2D eigenvalue weighted by Gasteiger charge is 2.55. The Morgan fingerprint density at radius 3 is 2.20 bits per heavy atom. The Bertz CT molecular complexity index is 1380. The minimum absolute atomic E-state index is 0.0228. The number of rotatable bonds is 11. The molecule has 4 amide bonds. The number of hydrogen-bond acceptors (Lipinski definition) is 8. The Morgan fingerprint density at radius 2 is 1.70 bits per heavy atom. The molecule has 46 heavy (non-hydrogen) atoms. The van der Waals surface area contributed by atoms with Gasteiger partial charge in [-0.1, -0.05) is 60.0 Å². The van der Waals surface area contributed by atoms with Crippen LogP contribution in [0.2, 0.25) is 0 Å². The lowest BCUT2D eigenvalue weighted by atomic mass is 9.84. The van der Waals surface area contributed by atoms with Crippen LogP contribution in [-0.4, -0.2) is 77.4 Å². The molecule has 0 aliphatic carbocycles. The number of hydrogen-bond donors (Lipinski definition) is 3. The monoisotopic (exact) mass is 641 g/mol. The molecule has 1 aromatic carbocycles. The molecule has 4 atom stereocenters. The summed E-state index contributed by atoms with van der Waals surface area (Å²) in [5, 5.41) is 10.0. The van der Waals surface area contributed by atoms with Crippen LogP contribution in [-0.2, 0) is 28.8 Å². The molecule has 1 fully saturated rings. The molecular formula is C34H51N5O7. The quantitative estimate of drug-likeness (QED) is 0.312. The summed E-state index contributed by atoms with van der Waals surface area (Å²) in [4.78, 5) is 73.1. The summed E-state index contributed by atoms with van der Waals surface area (Å²) < 4.78 is 5.51. The number of nitrogens with one attached hydrogen (secondary N) is 2. The van der Waals surface area contributed by atoms with Crippen molar-refractivity contribution >= 4 is 35.1 Å². The Labute approximate surface area is 272 Å². The fourth-order valence-corrected chi connectivity index (χ4v) is 6.23. The number of ether oxygens (including phenoxy) is 1. The van der Waals surface area contributed by atoms with Gasteiger partial charge in [-0.25, -0.2) is 0 Å². The zero-order valence-electron chi connectivity index (χ0n) is 29.0. The van der Waals surface area contributed by atoms with Crippen molar-refractivity contribution in [2.75, 3.05) is 13.7 Å². The van der Waals surface area contributed by atoms with E-state index in [4.69, 9.17) is 15.3 Å². The van der Waals surface area contributed by atoms with E-state index >= 15 is 0 Å². The zero-order valence-corrected chi connectivity index (χ0v) is 29.0. The molecule has 1 spiro atoms. The molecule has 2 aliphatic rings. The molecule has 4 N–H and O–H groups in total. The minimum Gasteiger partial charge on any atom is -0.496 e. The second-order valence-electron chi connectivity index (χ2n) is 15.0. The average molecular weight is 642 g/mol. The Morgan fingerprint density at radius 1 is 1.09 bits per heavy atom. The number of oxime groups is 1. The van der Waals surface area contributed by atoms with Crippen LogP contribution in [0, 0.1) is 24.7 Å². The van der Waals surface area contributed by atoms with E-state index in [2.05, 4.69) is 15.8 Å². The van der Waals surface area contributed by atoms with Crippen LogP contribution >= 0.6 is 0 Å². The molecule has 1 saturated heterocycles. The number of methoxy groups -OCH3 is 1. The van der Waals surface area contributed by atoms with Crippen molar-refractivity contribution in [3.05, 3.63) is 28.8 Å². The third kappa shape index (κ3) is 8.44. The molecule has 0 aromatic heterocycles. The highest BCUT2D eigenvalue weighted by atomic mass is 16.7. The number of aryl methyl sites for hydroxylation is 2. The van der Waals surface area contributed by atoms with Crippen molar-refractivity contribution in [3.8, 4) is 5.75 Å². The van der Waals surface area contributed by atoms with Crippen molar-refractivity contribution in [3.63, 3.8) is 0 Å². The number of nitrogens with two attached hydrogens (primary N) is 1. The number of amides is 4. The first-order valence-electron chi connectivity index (χ1n) is 15.9. The van der Waals surface area contributed by atoms with E-state index in [0.717, 1.165) is 22.4 Å². The van der Waals surface area contributed by atoms with E-state index in [1.54, 1.807) is 7.11 Å². The lowest BCUT2D eigenvalue weighted by Gasteiger charge is -2.36. The first kappa shape index (κ1) is 36.5. The third-order valence-electron chi connectivity index (χ3n) is 8.38. The van der Waals surface area contributed by atoms with E-state index in [1.807, 2.05) is 74.4 Å². The van der Waals surface area contributed by atoms with E-state index < -0.39 is 52.6 Å². The fourth-order valence-electron chi connectivity index (χ4n) is 6.23. The van der Waals surface area contributed by atoms with Gasteiger partial charge in [-0.05, 0) is 54.4 Å². The predicted octanol–water partition coefficient (Wildman–Crippen LogP) is 3.08. The van der Waals surface area contributed by atoms with E-state index in [0.29, 0.717) is 18.6 Å². The van der Waals surface area contributed by atoms with Crippen LogP contribution < -0.4 is 21.1 Å². The second-order valence-corrected chi connectivity index (χ2v) is 15.0. The molecule has 2 aliphatic heterocycles. The smallest absolute Gasteiger partial charge is 0.287 e. The van der Waals surface area contributed by atoms with Gasteiger partial charge >= 0.3 is 0 Å². The first-order valence-corrected chi connectivity index (χ1v) is 15.9. The summed E-state index contributed by atoms with van der Waals surface area (Å²) in [5.41, 5.74) is 6.61. The molecule has 1 aromatic rings. The number of primary amides is 1. The SMILES string of the molecule is CCC[C@H](NC(=O)[C@@H]1C[C@]2(CC(c3cc(C)c(OC)c(C)c3)=NO2)CN1C(=O)[C@@H](NC(=O)CC(C)(C)C)C(C)(C)C)C(=O)C(N)=O. The number of nitrogens with zero attached hydrogens (tertiary/aromatic N) is 2. The van der Waals surface area contributed by atoms with E-state index in [9.17, 15) is 24.0 Å². The summed E-state index contributed by atoms with van der Waals surface area (Å²) in [6.07, 6.45) is 1.32. The predicted molar refractivity (Wildman–Crippen MR) is 174 cm³/mol. The van der Waals surface area contributed by atoms with Gasteiger partial charge in [0.1, 0.15) is 17.8 Å². The van der Waals surface area contributed by atoms with Gasteiger partial charge in [0.15, 0.2) is 5.60 Å². The molecule has 0 bridgehead atoms. The molecule has 0 saturated carbocycles. The van der Waals surface area contributed by atoms with Crippen LogP contribution in [0.1, 0.15) is 97.3 Å². The molecule has 3 rings (SSSR count). The third-order valence-corrected chi connectivity index (χ3v) is 8.38. The summed E-state index contributed by atoms with van der Waals surface area (Å²) in [6.45, 7) is 17.1. The molecule has 0 unspecified atom stereocenters. The van der Waals surface area contributed by atoms with Crippen molar-refractivity contribution in [1.29, 1.82) is 0 Å². The van der Waals surface area contributed by atoms with Gasteiger partial charge in [-0.2, -0.15) is 0 Å². The lowest BCUT2D eigenvalue weighted by molar-refractivity contribution is -0.145. The van der Waals surface area contributed by atoms with Gasteiger partial charge in [-0.3, -0.25) is 24.0 Å². The van der Waals surface area contributed by atoms with Crippen molar-refractivity contribution in [2.24, 2.45) is 21.7 Å². The molecule has 12 heteroatoms. The standard InChI is InChI=1S/C34H51N5O7/c1-11-12-22(26(41)29(35)42)36-30(43)24-16-34(15-23(38-46-34)21-13-19(2)27(45-10)20(3)14-21)18-39(24)31(44)28(33(7,8)9)37-25(40)17-32(4,5)6/h13-14,22,24,28H,11-12,15-18H2,1-10H3,(H2,35,42)(H,36,43)(H,37,40)/t22-,24-,28+,34+/m0/s1. The summed E-state index contributed by atoms with van der Waals surface area (Å²) in [7, 11) is 1.62. The van der Waals surface area contributed by atoms with Crippen molar-refractivity contribution < 1.29 is 33.5 Å². The Hall–Kier alpha value is -3.96. The summed E-state index contributed by atoms with van der Waals surface area (Å²) in [5.74, 6) is -2.62. The van der Waals surface area contributed by atoms with Crippen LogP contribution in [0.5, 0.6) is 5.75 Å². The van der Waals surface area contributed by atoms with Gasteiger partial charge in [0.2, 0.25) is 23.5 Å². The highest BCUT2D eigenvalue weighted by molar-refractivity contribution is 6.37. The van der Waals surface area contributed by atoms with Gasteiger partial charge in [0, 0.05) is 24.8 Å². The van der Waals surface area contributed by atoms with Crippen LogP contribution in [0.15, 0.2) is 17.3 Å². The molecule has 2 heterocycles. The second kappa shape index (κ2) is 13.8. The Balaban J connectivity index is 1.98. The molecule has 0 radical (unpaired) electrons. The van der Waals surface area contributed by atoms with E-state index in [-0.39, 0.29) is 37.1 Å². The first-order chi connectivity index (χ1) is 21.2. The largest absolute Gasteiger partial charge is 0.496 e. The number of benzene rings is 1. The maximum absolute atomic E-state index is 14.4. The van der Waals surface area contributed by atoms with E-state index in [1.165, 1.54) is 4.90 Å². The summed E-state index contributed by atoms with van der Waals surface area (Å²) >= 11 is 0. The van der Waals surface area contributed by atoms with Gasteiger partial charge < -0.3 is 30.8 Å². The average Bonchev–Trinajstić information content (AvgIpc) is 3.52. The van der Waals surface area contributed by atoms with Gasteiger partial charge in [0.25, 0.3) is 5.91 Å². The molecule has 12 nitrogen and oxygen atoms in total. The van der Waals surface area contributed by atoms with Crippen molar-refractivity contribution in [1.82, 2.24) is 15.5 Å². The molecular weight excluding hydrogens is 590 g/mol. The van der Waals surface area contributed by atoms with Crippen LogP contribution in [0.3, 0.4) is 0 Å².